The largest absolute Gasteiger partial charge is 0.299 e. The van der Waals surface area contributed by atoms with Gasteiger partial charge >= 0.3 is 0 Å². The topological polar surface area (TPSA) is 17.1 Å². The first-order chi connectivity index (χ1) is 9.08. The molecular formula is C18H34O. The number of carbonyl (C=O) groups is 1. The predicted molar refractivity (Wildman–Crippen MR) is 83.2 cm³/mol. The van der Waals surface area contributed by atoms with Gasteiger partial charge in [-0.1, -0.05) is 53.4 Å². The Balaban J connectivity index is 2.33. The molecule has 1 heteroatoms. The highest BCUT2D eigenvalue weighted by atomic mass is 16.1. The molecule has 1 aliphatic carbocycles. The summed E-state index contributed by atoms with van der Waals surface area (Å²) in [5, 5.41) is 0. The highest BCUT2D eigenvalue weighted by Gasteiger charge is 2.28. The van der Waals surface area contributed by atoms with Crippen molar-refractivity contribution < 1.29 is 4.79 Å². The van der Waals surface area contributed by atoms with Crippen molar-refractivity contribution in [3.05, 3.63) is 0 Å². The molecule has 1 nitrogen and oxygen atoms in total. The van der Waals surface area contributed by atoms with Crippen LogP contribution in [0.5, 0.6) is 0 Å². The van der Waals surface area contributed by atoms with E-state index in [1.165, 1.54) is 38.5 Å². The summed E-state index contributed by atoms with van der Waals surface area (Å²) in [5.74, 6) is 3.28. The summed E-state index contributed by atoms with van der Waals surface area (Å²) in [5.41, 5.74) is 0. The van der Waals surface area contributed by atoms with E-state index in [-0.39, 0.29) is 0 Å². The fourth-order valence-electron chi connectivity index (χ4n) is 3.50. The Labute approximate surface area is 120 Å². The lowest BCUT2D eigenvalue weighted by molar-refractivity contribution is -0.125. The van der Waals surface area contributed by atoms with Crippen molar-refractivity contribution in [2.45, 2.75) is 85.5 Å². The van der Waals surface area contributed by atoms with Crippen LogP contribution in [0.2, 0.25) is 0 Å². The van der Waals surface area contributed by atoms with Gasteiger partial charge in [-0.2, -0.15) is 0 Å². The number of ketones is 1. The number of rotatable bonds is 8. The van der Waals surface area contributed by atoms with Gasteiger partial charge in [0.1, 0.15) is 5.78 Å². The molecule has 1 saturated carbocycles. The third-order valence-electron chi connectivity index (χ3n) is 5.20. The van der Waals surface area contributed by atoms with Gasteiger partial charge in [0.2, 0.25) is 0 Å². The van der Waals surface area contributed by atoms with Crippen molar-refractivity contribution in [1.82, 2.24) is 0 Å². The maximum atomic E-state index is 12.4. The van der Waals surface area contributed by atoms with Gasteiger partial charge in [-0.25, -0.2) is 0 Å². The van der Waals surface area contributed by atoms with Gasteiger partial charge in [0.05, 0.1) is 0 Å². The molecule has 0 heterocycles. The van der Waals surface area contributed by atoms with E-state index in [4.69, 9.17) is 0 Å². The number of hydrogen-bond donors (Lipinski definition) is 0. The fraction of sp³-hybridized carbons (Fsp3) is 0.944. The molecule has 1 aliphatic rings. The summed E-state index contributed by atoms with van der Waals surface area (Å²) in [4.78, 5) is 12.4. The van der Waals surface area contributed by atoms with Crippen LogP contribution in [0.1, 0.15) is 85.5 Å². The second-order valence-electron chi connectivity index (χ2n) is 6.94. The lowest BCUT2D eigenvalue weighted by atomic mass is 9.74. The molecule has 1 fully saturated rings. The number of hydrogen-bond acceptors (Lipinski definition) is 1. The van der Waals surface area contributed by atoms with Crippen LogP contribution in [0.15, 0.2) is 0 Å². The van der Waals surface area contributed by atoms with Crippen LogP contribution in [-0.2, 0) is 4.79 Å². The Morgan fingerprint density at radius 3 is 2.21 bits per heavy atom. The van der Waals surface area contributed by atoms with Gasteiger partial charge in [0.15, 0.2) is 0 Å². The zero-order valence-corrected chi connectivity index (χ0v) is 13.6. The smallest absolute Gasteiger partial charge is 0.136 e. The van der Waals surface area contributed by atoms with Crippen LogP contribution in [0.4, 0.5) is 0 Å². The number of carbonyl (C=O) groups excluding carboxylic acids is 1. The van der Waals surface area contributed by atoms with Crippen LogP contribution < -0.4 is 0 Å². The number of unbranched alkanes of at least 4 members (excludes halogenated alkanes) is 1. The van der Waals surface area contributed by atoms with Gasteiger partial charge in [0, 0.05) is 12.3 Å². The van der Waals surface area contributed by atoms with Crippen LogP contribution >= 0.6 is 0 Å². The summed E-state index contributed by atoms with van der Waals surface area (Å²) in [6.45, 7) is 9.13. The molecule has 0 amide bonds. The van der Waals surface area contributed by atoms with Crippen LogP contribution in [0.3, 0.4) is 0 Å². The van der Waals surface area contributed by atoms with E-state index >= 15 is 0 Å². The first-order valence-corrected chi connectivity index (χ1v) is 8.61. The first kappa shape index (κ1) is 16.7. The van der Waals surface area contributed by atoms with Gasteiger partial charge in [-0.05, 0) is 43.4 Å². The maximum Gasteiger partial charge on any atom is 0.136 e. The van der Waals surface area contributed by atoms with Crippen molar-refractivity contribution in [3.63, 3.8) is 0 Å². The molecule has 1 atom stereocenters. The van der Waals surface area contributed by atoms with E-state index in [2.05, 4.69) is 27.7 Å². The summed E-state index contributed by atoms with van der Waals surface area (Å²) in [6.07, 6.45) is 10.7. The highest BCUT2D eigenvalue weighted by molar-refractivity contribution is 5.81. The molecule has 112 valence electrons. The summed E-state index contributed by atoms with van der Waals surface area (Å²) in [6, 6.07) is 0. The van der Waals surface area contributed by atoms with Crippen molar-refractivity contribution in [2.75, 3.05) is 0 Å². The summed E-state index contributed by atoms with van der Waals surface area (Å²) in [7, 11) is 0. The molecule has 0 aromatic carbocycles. The predicted octanol–water partition coefficient (Wildman–Crippen LogP) is 5.62. The average Bonchev–Trinajstić information content (AvgIpc) is 2.43. The lowest BCUT2D eigenvalue weighted by Crippen LogP contribution is -2.25. The fourth-order valence-corrected chi connectivity index (χ4v) is 3.50. The van der Waals surface area contributed by atoms with Gasteiger partial charge < -0.3 is 0 Å². The summed E-state index contributed by atoms with van der Waals surface area (Å²) >= 11 is 0. The molecule has 0 N–H and O–H groups in total. The molecule has 0 aliphatic heterocycles. The Morgan fingerprint density at radius 1 is 1.11 bits per heavy atom. The van der Waals surface area contributed by atoms with E-state index in [0.29, 0.717) is 17.6 Å². The molecule has 0 aromatic heterocycles. The molecule has 1 unspecified atom stereocenters. The Kier molecular flexibility index (Phi) is 7.71. The highest BCUT2D eigenvalue weighted by Crippen LogP contribution is 2.35. The SMILES string of the molecule is CCCCC(CC)CC(=O)C1CCC(C(C)C)CC1. The van der Waals surface area contributed by atoms with Crippen LogP contribution in [0, 0.1) is 23.7 Å². The van der Waals surface area contributed by atoms with Crippen LogP contribution in [-0.4, -0.2) is 5.78 Å². The van der Waals surface area contributed by atoms with Gasteiger partial charge in [-0.3, -0.25) is 4.79 Å². The normalized spacial score (nSPS) is 25.5. The summed E-state index contributed by atoms with van der Waals surface area (Å²) < 4.78 is 0. The van der Waals surface area contributed by atoms with E-state index < -0.39 is 0 Å². The van der Waals surface area contributed by atoms with Gasteiger partial charge in [0.25, 0.3) is 0 Å². The minimum absolute atomic E-state index is 0.394. The third-order valence-corrected chi connectivity index (χ3v) is 5.20. The minimum atomic E-state index is 0.394. The second-order valence-corrected chi connectivity index (χ2v) is 6.94. The number of Topliss-reactive ketones (excluding diaryl/α,β-unsaturated/α-hetero) is 1. The molecular weight excluding hydrogens is 232 g/mol. The molecule has 0 radical (unpaired) electrons. The zero-order valence-electron chi connectivity index (χ0n) is 13.6. The minimum Gasteiger partial charge on any atom is -0.299 e. The van der Waals surface area contributed by atoms with E-state index in [1.54, 1.807) is 0 Å². The molecule has 19 heavy (non-hydrogen) atoms. The first-order valence-electron chi connectivity index (χ1n) is 8.61. The average molecular weight is 266 g/mol. The second kappa shape index (κ2) is 8.76. The Morgan fingerprint density at radius 2 is 1.74 bits per heavy atom. The van der Waals surface area contributed by atoms with Crippen molar-refractivity contribution in [1.29, 1.82) is 0 Å². The Hall–Kier alpha value is -0.330. The lowest BCUT2D eigenvalue weighted by Gasteiger charge is -2.30. The van der Waals surface area contributed by atoms with E-state index in [1.807, 2.05) is 0 Å². The monoisotopic (exact) mass is 266 g/mol. The Bertz CT molecular complexity index is 248. The van der Waals surface area contributed by atoms with Crippen LogP contribution in [0.25, 0.3) is 0 Å². The molecule has 0 bridgehead atoms. The van der Waals surface area contributed by atoms with Gasteiger partial charge in [-0.15, -0.1) is 0 Å². The zero-order chi connectivity index (χ0) is 14.3. The quantitative estimate of drug-likeness (QED) is 0.557. The maximum absolute atomic E-state index is 12.4. The molecule has 0 saturated heterocycles. The molecule has 0 aromatic rings. The van der Waals surface area contributed by atoms with Crippen molar-refractivity contribution >= 4 is 5.78 Å². The van der Waals surface area contributed by atoms with E-state index in [0.717, 1.165) is 31.1 Å². The molecule has 1 rings (SSSR count). The standard InChI is InChI=1S/C18H34O/c1-5-7-8-15(6-2)13-18(19)17-11-9-16(10-12-17)14(3)4/h14-17H,5-13H2,1-4H3. The van der Waals surface area contributed by atoms with Crippen molar-refractivity contribution in [2.24, 2.45) is 23.7 Å². The molecule has 0 spiro atoms. The third kappa shape index (κ3) is 5.67. The van der Waals surface area contributed by atoms with Crippen molar-refractivity contribution in [3.8, 4) is 0 Å². The van der Waals surface area contributed by atoms with E-state index in [9.17, 15) is 4.79 Å².